The van der Waals surface area contributed by atoms with Gasteiger partial charge in [0.15, 0.2) is 5.78 Å². The molecule has 0 atom stereocenters. The van der Waals surface area contributed by atoms with Gasteiger partial charge in [-0.3, -0.25) is 9.59 Å². The largest absolute Gasteiger partial charge is 0.464 e. The van der Waals surface area contributed by atoms with Crippen LogP contribution in [0.1, 0.15) is 69.3 Å². The van der Waals surface area contributed by atoms with Crippen LogP contribution < -0.4 is 5.43 Å². The summed E-state index contributed by atoms with van der Waals surface area (Å²) in [6.45, 7) is 8.32. The minimum Gasteiger partial charge on any atom is -0.464 e. The molecule has 0 bridgehead atoms. The molecule has 10 nitrogen and oxygen atoms in total. The molecule has 2 rings (SSSR count). The normalized spacial score (nSPS) is 14.6. The zero-order chi connectivity index (χ0) is 25.8. The van der Waals surface area contributed by atoms with Crippen molar-refractivity contribution in [2.24, 2.45) is 5.10 Å². The molecule has 0 aliphatic carbocycles. The van der Waals surface area contributed by atoms with Crippen LogP contribution in [-0.4, -0.2) is 72.9 Å². The van der Waals surface area contributed by atoms with Crippen molar-refractivity contribution in [1.82, 2.24) is 10.3 Å². The highest BCUT2D eigenvalue weighted by Gasteiger charge is 2.24. The molecule has 1 saturated heterocycles. The summed E-state index contributed by atoms with van der Waals surface area (Å²) >= 11 is 0. The summed E-state index contributed by atoms with van der Waals surface area (Å²) in [6, 6.07) is 6.73. The van der Waals surface area contributed by atoms with E-state index in [9.17, 15) is 19.2 Å². The number of benzene rings is 1. The Balaban J connectivity index is 1.71. The first kappa shape index (κ1) is 28.0. The molecule has 0 spiro atoms. The number of carbonyl (C=O) groups excluding carboxylic acids is 4. The molecule has 0 unspecified atom stereocenters. The van der Waals surface area contributed by atoms with E-state index < -0.39 is 11.7 Å². The number of nitrogens with one attached hydrogen (secondary N) is 1. The fourth-order valence-corrected chi connectivity index (χ4v) is 3.40. The summed E-state index contributed by atoms with van der Waals surface area (Å²) in [7, 11) is 0. The lowest BCUT2D eigenvalue weighted by atomic mass is 10.0. The summed E-state index contributed by atoms with van der Waals surface area (Å²) < 4.78 is 15.5. The molecule has 192 valence electrons. The minimum absolute atomic E-state index is 0.0702. The average molecular weight is 490 g/mol. The Morgan fingerprint density at radius 1 is 1.09 bits per heavy atom. The van der Waals surface area contributed by atoms with Gasteiger partial charge in [0.05, 0.1) is 18.9 Å². The highest BCUT2D eigenvalue weighted by atomic mass is 16.6. The molecule has 10 heteroatoms. The van der Waals surface area contributed by atoms with Gasteiger partial charge in [0.25, 0.3) is 0 Å². The number of likely N-dealkylation sites (tertiary alicyclic amines) is 1. The Bertz CT molecular complexity index is 899. The molecule has 1 aromatic rings. The van der Waals surface area contributed by atoms with E-state index in [-0.39, 0.29) is 43.2 Å². The number of piperidine rings is 1. The summed E-state index contributed by atoms with van der Waals surface area (Å²) in [6.07, 6.45) is 2.25. The predicted molar refractivity (Wildman–Crippen MR) is 129 cm³/mol. The first-order chi connectivity index (χ1) is 16.6. The minimum atomic E-state index is -0.654. The average Bonchev–Trinajstić information content (AvgIpc) is 2.81. The zero-order valence-electron chi connectivity index (χ0n) is 20.9. The number of carbonyl (C=O) groups is 4. The number of esters is 1. The fourth-order valence-electron chi connectivity index (χ4n) is 3.40. The van der Waals surface area contributed by atoms with Crippen LogP contribution in [0.3, 0.4) is 0 Å². The maximum absolute atomic E-state index is 12.5. The molecular weight excluding hydrogens is 454 g/mol. The lowest BCUT2D eigenvalue weighted by Gasteiger charge is -2.31. The number of rotatable bonds is 10. The Labute approximate surface area is 206 Å². The number of Topliss-reactive ketones (excluding diaryl/α,β-unsaturated/α-hetero) is 1. The predicted octanol–water partition coefficient (Wildman–Crippen LogP) is 3.08. The van der Waals surface area contributed by atoms with Gasteiger partial charge in [-0.15, -0.1) is 0 Å². The summed E-state index contributed by atoms with van der Waals surface area (Å²) in [4.78, 5) is 49.7. The number of ketones is 1. The fraction of sp³-hybridized carbons (Fsp3) is 0.560. The molecule has 1 heterocycles. The molecule has 0 aromatic heterocycles. The van der Waals surface area contributed by atoms with E-state index in [1.807, 2.05) is 0 Å². The number of amides is 2. The SMILES string of the molecule is CCOC(=O)COC1CCN(C(=O)CCC(=O)c2ccc(C=NNC(=O)OC(C)(C)C)cc2)CC1. The van der Waals surface area contributed by atoms with Gasteiger partial charge >= 0.3 is 12.1 Å². The van der Waals surface area contributed by atoms with Crippen LogP contribution in [0.5, 0.6) is 0 Å². The second-order valence-corrected chi connectivity index (χ2v) is 9.11. The van der Waals surface area contributed by atoms with Gasteiger partial charge in [-0.25, -0.2) is 15.0 Å². The van der Waals surface area contributed by atoms with E-state index >= 15 is 0 Å². The highest BCUT2D eigenvalue weighted by Crippen LogP contribution is 2.16. The van der Waals surface area contributed by atoms with E-state index in [1.54, 1.807) is 56.9 Å². The Morgan fingerprint density at radius 2 is 1.74 bits per heavy atom. The molecule has 1 fully saturated rings. The topological polar surface area (TPSA) is 124 Å². The molecule has 1 N–H and O–H groups in total. The van der Waals surface area contributed by atoms with Crippen molar-refractivity contribution in [2.45, 2.75) is 65.1 Å². The molecule has 1 aliphatic rings. The molecule has 1 aromatic carbocycles. The third kappa shape index (κ3) is 10.7. The highest BCUT2D eigenvalue weighted by molar-refractivity contribution is 5.98. The van der Waals surface area contributed by atoms with Crippen LogP contribution in [0.15, 0.2) is 29.4 Å². The van der Waals surface area contributed by atoms with Crippen molar-refractivity contribution in [3.63, 3.8) is 0 Å². The number of ether oxygens (including phenoxy) is 3. The second-order valence-electron chi connectivity index (χ2n) is 9.11. The molecule has 0 saturated carbocycles. The van der Waals surface area contributed by atoms with Crippen molar-refractivity contribution >= 4 is 30.0 Å². The van der Waals surface area contributed by atoms with Crippen LogP contribution in [-0.2, 0) is 23.8 Å². The van der Waals surface area contributed by atoms with Gasteiger partial charge in [0.1, 0.15) is 12.2 Å². The monoisotopic (exact) mass is 489 g/mol. The number of nitrogens with zero attached hydrogens (tertiary/aromatic N) is 2. The van der Waals surface area contributed by atoms with Gasteiger partial charge in [0, 0.05) is 31.5 Å². The summed E-state index contributed by atoms with van der Waals surface area (Å²) in [5.74, 6) is -0.581. The number of hydrogen-bond donors (Lipinski definition) is 1. The standard InChI is InChI=1S/C25H35N3O7/c1-5-33-23(31)17-34-20-12-14-28(15-13-20)22(30)11-10-21(29)19-8-6-18(7-9-19)16-26-27-24(32)35-25(2,3)4/h6-9,16,20H,5,10-15,17H2,1-4H3,(H,27,32). The second kappa shape index (κ2) is 13.6. The van der Waals surface area contributed by atoms with Crippen molar-refractivity contribution in [3.8, 4) is 0 Å². The zero-order valence-corrected chi connectivity index (χ0v) is 20.9. The van der Waals surface area contributed by atoms with E-state index in [1.165, 1.54) is 6.21 Å². The van der Waals surface area contributed by atoms with E-state index in [0.29, 0.717) is 43.7 Å². The third-order valence-electron chi connectivity index (χ3n) is 5.10. The lowest BCUT2D eigenvalue weighted by molar-refractivity contribution is -0.152. The number of hydrogen-bond acceptors (Lipinski definition) is 8. The first-order valence-electron chi connectivity index (χ1n) is 11.8. The lowest BCUT2D eigenvalue weighted by Crippen LogP contribution is -2.41. The Kier molecular flexibility index (Phi) is 10.8. The quantitative estimate of drug-likeness (QED) is 0.232. The van der Waals surface area contributed by atoms with Gasteiger partial charge < -0.3 is 19.1 Å². The Morgan fingerprint density at radius 3 is 2.34 bits per heavy atom. The maximum Gasteiger partial charge on any atom is 0.428 e. The van der Waals surface area contributed by atoms with Crippen molar-refractivity contribution in [1.29, 1.82) is 0 Å². The Hall–Kier alpha value is -3.27. The molecule has 35 heavy (non-hydrogen) atoms. The van der Waals surface area contributed by atoms with Crippen molar-refractivity contribution in [2.75, 3.05) is 26.3 Å². The van der Waals surface area contributed by atoms with Gasteiger partial charge in [-0.2, -0.15) is 5.10 Å². The van der Waals surface area contributed by atoms with Crippen LogP contribution in [0.2, 0.25) is 0 Å². The molecular formula is C25H35N3O7. The third-order valence-corrected chi connectivity index (χ3v) is 5.10. The van der Waals surface area contributed by atoms with Crippen LogP contribution in [0.25, 0.3) is 0 Å². The van der Waals surface area contributed by atoms with Crippen LogP contribution in [0.4, 0.5) is 4.79 Å². The van der Waals surface area contributed by atoms with Crippen molar-refractivity contribution in [3.05, 3.63) is 35.4 Å². The number of hydrazone groups is 1. The first-order valence-corrected chi connectivity index (χ1v) is 11.8. The van der Waals surface area contributed by atoms with Gasteiger partial charge in [0.2, 0.25) is 5.91 Å². The molecule has 2 amide bonds. The van der Waals surface area contributed by atoms with E-state index in [0.717, 1.165) is 0 Å². The van der Waals surface area contributed by atoms with Crippen LogP contribution >= 0.6 is 0 Å². The van der Waals surface area contributed by atoms with Gasteiger partial charge in [-0.1, -0.05) is 24.3 Å². The molecule has 1 aliphatic heterocycles. The van der Waals surface area contributed by atoms with E-state index in [2.05, 4.69) is 10.5 Å². The van der Waals surface area contributed by atoms with E-state index in [4.69, 9.17) is 14.2 Å². The van der Waals surface area contributed by atoms with Gasteiger partial charge in [-0.05, 0) is 46.1 Å². The van der Waals surface area contributed by atoms with Crippen molar-refractivity contribution < 1.29 is 33.4 Å². The maximum atomic E-state index is 12.5. The summed E-state index contributed by atoms with van der Waals surface area (Å²) in [5.41, 5.74) is 2.86. The molecule has 0 radical (unpaired) electrons. The summed E-state index contributed by atoms with van der Waals surface area (Å²) in [5, 5.41) is 3.83. The smallest absolute Gasteiger partial charge is 0.428 e. The van der Waals surface area contributed by atoms with Crippen LogP contribution in [0, 0.1) is 0 Å².